The van der Waals surface area contributed by atoms with Crippen LogP contribution in [0.15, 0.2) is 12.2 Å². The van der Waals surface area contributed by atoms with Crippen LogP contribution in [0.25, 0.3) is 0 Å². The number of fused-ring (bicyclic) bond motifs is 2. The third-order valence-electron chi connectivity index (χ3n) is 4.53. The van der Waals surface area contributed by atoms with Crippen LogP contribution in [0.5, 0.6) is 0 Å². The molecule has 0 aromatic carbocycles. The molecule has 5 atom stereocenters. The lowest BCUT2D eigenvalue weighted by molar-refractivity contribution is -0.0275. The summed E-state index contributed by atoms with van der Waals surface area (Å²) in [6.45, 7) is 8.28. The van der Waals surface area contributed by atoms with Crippen molar-refractivity contribution in [3.63, 3.8) is 0 Å². The van der Waals surface area contributed by atoms with E-state index in [4.69, 9.17) is 4.74 Å². The molecule has 2 aliphatic heterocycles. The van der Waals surface area contributed by atoms with Gasteiger partial charge >= 0.3 is 0 Å². The van der Waals surface area contributed by atoms with Crippen LogP contribution in [0.3, 0.4) is 0 Å². The van der Waals surface area contributed by atoms with Gasteiger partial charge in [-0.2, -0.15) is 0 Å². The first-order valence-corrected chi connectivity index (χ1v) is 11.2. The predicted molar refractivity (Wildman–Crippen MR) is 102 cm³/mol. The SMILES string of the molecule is CC1/C=C/CCCCS[C@@H]2CCC[C@@H](O2)[C@@H]1N[S+]([O-])C(C)(C)C. The molecule has 0 spiro atoms. The van der Waals surface area contributed by atoms with E-state index < -0.39 is 11.4 Å². The normalized spacial score (nSPS) is 36.6. The maximum atomic E-state index is 12.6. The van der Waals surface area contributed by atoms with E-state index in [-0.39, 0.29) is 16.9 Å². The number of hydrogen-bond acceptors (Lipinski definition) is 4. The monoisotopic (exact) mass is 359 g/mol. The molecular formula is C18H33NO2S2. The van der Waals surface area contributed by atoms with Crippen molar-refractivity contribution in [2.75, 3.05) is 5.75 Å². The lowest BCUT2D eigenvalue weighted by Gasteiger charge is -2.38. The summed E-state index contributed by atoms with van der Waals surface area (Å²) in [4.78, 5) is 0. The van der Waals surface area contributed by atoms with E-state index in [0.29, 0.717) is 11.4 Å². The second-order valence-electron chi connectivity index (χ2n) is 7.71. The minimum Gasteiger partial charge on any atom is -0.598 e. The molecule has 2 rings (SSSR count). The van der Waals surface area contributed by atoms with E-state index in [9.17, 15) is 4.55 Å². The summed E-state index contributed by atoms with van der Waals surface area (Å²) in [5.41, 5.74) is 0.316. The van der Waals surface area contributed by atoms with Gasteiger partial charge in [0, 0.05) is 11.4 Å². The van der Waals surface area contributed by atoms with Crippen LogP contribution in [-0.4, -0.2) is 32.6 Å². The van der Waals surface area contributed by atoms with Crippen LogP contribution in [0, 0.1) is 5.92 Å². The summed E-state index contributed by atoms with van der Waals surface area (Å²) in [5, 5.41) is 0. The third kappa shape index (κ3) is 6.28. The van der Waals surface area contributed by atoms with Gasteiger partial charge in [-0.15, -0.1) is 16.5 Å². The molecule has 2 aliphatic rings. The van der Waals surface area contributed by atoms with Gasteiger partial charge in [-0.1, -0.05) is 19.1 Å². The smallest absolute Gasteiger partial charge is 0.136 e. The van der Waals surface area contributed by atoms with Crippen molar-refractivity contribution in [3.05, 3.63) is 12.2 Å². The van der Waals surface area contributed by atoms with Crippen molar-refractivity contribution in [1.82, 2.24) is 4.72 Å². The summed E-state index contributed by atoms with van der Waals surface area (Å²) in [7, 11) is 0. The molecule has 0 aromatic heterocycles. The van der Waals surface area contributed by atoms with Crippen LogP contribution >= 0.6 is 11.8 Å². The molecule has 134 valence electrons. The number of nitrogens with one attached hydrogen (secondary N) is 1. The Morgan fingerprint density at radius 1 is 1.22 bits per heavy atom. The number of rotatable bonds is 2. The van der Waals surface area contributed by atoms with Gasteiger partial charge in [0.1, 0.15) is 10.2 Å². The molecule has 0 saturated carbocycles. The molecule has 2 unspecified atom stereocenters. The first-order valence-electron chi connectivity index (χ1n) is 8.99. The second kappa shape index (κ2) is 9.14. The van der Waals surface area contributed by atoms with E-state index in [1.54, 1.807) is 0 Å². The van der Waals surface area contributed by atoms with Crippen LogP contribution in [0.1, 0.15) is 66.2 Å². The molecule has 1 N–H and O–H groups in total. The van der Waals surface area contributed by atoms with E-state index >= 15 is 0 Å². The Balaban J connectivity index is 2.13. The highest BCUT2D eigenvalue weighted by molar-refractivity contribution is 7.99. The van der Waals surface area contributed by atoms with Gasteiger partial charge in [-0.25, -0.2) is 0 Å². The highest BCUT2D eigenvalue weighted by Gasteiger charge is 2.37. The first kappa shape index (κ1) is 19.6. The number of allylic oxidation sites excluding steroid dienone is 1. The molecule has 1 fully saturated rings. The third-order valence-corrected chi connectivity index (χ3v) is 7.37. The maximum absolute atomic E-state index is 12.6. The average molecular weight is 360 g/mol. The first-order chi connectivity index (χ1) is 10.9. The Morgan fingerprint density at radius 3 is 2.74 bits per heavy atom. The Bertz CT molecular complexity index is 384. The molecule has 0 aromatic rings. The van der Waals surface area contributed by atoms with E-state index in [0.717, 1.165) is 19.3 Å². The summed E-state index contributed by atoms with van der Waals surface area (Å²) >= 11 is 0.902. The highest BCUT2D eigenvalue weighted by Crippen LogP contribution is 2.32. The summed E-state index contributed by atoms with van der Waals surface area (Å²) in [6, 6.07) is 0.120. The largest absolute Gasteiger partial charge is 0.598 e. The molecule has 5 heteroatoms. The molecule has 3 nitrogen and oxygen atoms in total. The number of ether oxygens (including phenoxy) is 1. The van der Waals surface area contributed by atoms with E-state index in [2.05, 4.69) is 23.8 Å². The average Bonchev–Trinajstić information content (AvgIpc) is 2.49. The standard InChI is InChI=1S/C18H33NO2S2/c1-14-10-7-5-6-8-13-22-16-12-9-11-15(21-16)17(14)19-23(20)18(2,3)4/h7,10,14-17,19H,5-6,8-9,11-13H2,1-4H3/b10-7+/t14?,15-,16-,17-,23?/m1/s1. The quantitative estimate of drug-likeness (QED) is 0.586. The molecule has 1 saturated heterocycles. The minimum absolute atomic E-state index is 0.120. The van der Waals surface area contributed by atoms with Crippen LogP contribution < -0.4 is 4.72 Å². The van der Waals surface area contributed by atoms with Gasteiger partial charge < -0.3 is 9.29 Å². The van der Waals surface area contributed by atoms with Gasteiger partial charge in [-0.3, -0.25) is 0 Å². The zero-order valence-electron chi connectivity index (χ0n) is 15.0. The van der Waals surface area contributed by atoms with Gasteiger partial charge in [0.2, 0.25) is 0 Å². The van der Waals surface area contributed by atoms with Crippen molar-refractivity contribution in [2.24, 2.45) is 5.92 Å². The van der Waals surface area contributed by atoms with Crippen LogP contribution in [0.2, 0.25) is 0 Å². The zero-order chi connectivity index (χ0) is 16.9. The van der Waals surface area contributed by atoms with Crippen molar-refractivity contribution in [3.8, 4) is 0 Å². The van der Waals surface area contributed by atoms with Gasteiger partial charge in [0.25, 0.3) is 0 Å². The minimum atomic E-state index is -1.07. The lowest BCUT2D eigenvalue weighted by atomic mass is 9.92. The Kier molecular flexibility index (Phi) is 7.80. The Labute approximate surface area is 149 Å². The van der Waals surface area contributed by atoms with E-state index in [1.807, 2.05) is 32.5 Å². The Hall–Kier alpha value is 0.320. The molecule has 0 amide bonds. The number of thioether (sulfide) groups is 1. The predicted octanol–water partition coefficient (Wildman–Crippen LogP) is 4.41. The maximum Gasteiger partial charge on any atom is 0.136 e. The second-order valence-corrected chi connectivity index (χ2v) is 11.0. The highest BCUT2D eigenvalue weighted by atomic mass is 32.2. The molecule has 23 heavy (non-hydrogen) atoms. The molecule has 2 heterocycles. The van der Waals surface area contributed by atoms with Crippen molar-refractivity contribution in [1.29, 1.82) is 0 Å². The summed E-state index contributed by atoms with van der Waals surface area (Å²) in [6.07, 6.45) is 11.8. The van der Waals surface area contributed by atoms with Crippen LogP contribution in [0.4, 0.5) is 0 Å². The molecule has 0 radical (unpaired) electrons. The van der Waals surface area contributed by atoms with Gasteiger partial charge in [0.05, 0.1) is 12.1 Å². The van der Waals surface area contributed by atoms with Crippen LogP contribution in [-0.2, 0) is 16.1 Å². The van der Waals surface area contributed by atoms with Crippen molar-refractivity contribution < 1.29 is 9.29 Å². The fourth-order valence-electron chi connectivity index (χ4n) is 3.04. The van der Waals surface area contributed by atoms with Gasteiger partial charge in [0.15, 0.2) is 0 Å². The summed E-state index contributed by atoms with van der Waals surface area (Å²) in [5.74, 6) is 1.52. The molecule has 2 bridgehead atoms. The van der Waals surface area contributed by atoms with E-state index in [1.165, 1.54) is 25.0 Å². The fourth-order valence-corrected chi connectivity index (χ4v) is 5.19. The van der Waals surface area contributed by atoms with Crippen molar-refractivity contribution >= 4 is 23.1 Å². The summed E-state index contributed by atoms with van der Waals surface area (Å²) < 4.78 is 22.2. The van der Waals surface area contributed by atoms with Crippen molar-refractivity contribution in [2.45, 2.75) is 88.5 Å². The molecule has 0 aliphatic carbocycles. The molecular weight excluding hydrogens is 326 g/mol. The number of hydrogen-bond donors (Lipinski definition) is 1. The lowest BCUT2D eigenvalue weighted by Crippen LogP contribution is -2.53. The zero-order valence-corrected chi connectivity index (χ0v) is 16.7. The topological polar surface area (TPSA) is 44.3 Å². The Morgan fingerprint density at radius 2 is 2.00 bits per heavy atom. The van der Waals surface area contributed by atoms with Gasteiger partial charge in [-0.05, 0) is 71.0 Å². The fraction of sp³-hybridized carbons (Fsp3) is 0.889.